The summed E-state index contributed by atoms with van der Waals surface area (Å²) in [6.45, 7) is 0. The number of likely N-dealkylation sites (N-methyl/N-ethyl adjacent to an activating group) is 1. The molecule has 8 heavy (non-hydrogen) atoms. The Labute approximate surface area is 49.4 Å². The van der Waals surface area contributed by atoms with Gasteiger partial charge in [-0.3, -0.25) is 0 Å². The molecule has 1 heteroatoms. The predicted octanol–water partition coefficient (Wildman–Crippen LogP) is 1.02. The molecular weight excluding hydrogens is 98.1 g/mol. The zero-order chi connectivity index (χ0) is 5.82. The molecule has 0 aromatic carbocycles. The van der Waals surface area contributed by atoms with E-state index in [9.17, 15) is 0 Å². The van der Waals surface area contributed by atoms with Crippen LogP contribution >= 0.6 is 0 Å². The van der Waals surface area contributed by atoms with Crippen molar-refractivity contribution in [2.45, 2.75) is 0 Å². The van der Waals surface area contributed by atoms with Crippen molar-refractivity contribution in [3.05, 3.63) is 36.1 Å². The van der Waals surface area contributed by atoms with E-state index in [4.69, 9.17) is 0 Å². The van der Waals surface area contributed by atoms with E-state index < -0.39 is 0 Å². The van der Waals surface area contributed by atoms with Crippen LogP contribution in [0.5, 0.6) is 0 Å². The Morgan fingerprint density at radius 2 is 2.50 bits per heavy atom. The molecule has 0 saturated heterocycles. The minimum absolute atomic E-state index is 1.10. The topological polar surface area (TPSA) is 12.0 Å². The fourth-order valence-corrected chi connectivity index (χ4v) is 0.549. The second-order valence-corrected chi connectivity index (χ2v) is 1.54. The first kappa shape index (κ1) is 5.07. The van der Waals surface area contributed by atoms with E-state index >= 15 is 0 Å². The van der Waals surface area contributed by atoms with Gasteiger partial charge in [-0.25, -0.2) is 0 Å². The van der Waals surface area contributed by atoms with Crippen LogP contribution in [-0.4, -0.2) is 7.05 Å². The molecule has 1 rings (SSSR count). The standard InChI is InChI=1S/C7H8N/c1-8-7-5-3-2-4-6-7/h2-3,5-6,8H,1H3/q+1. The van der Waals surface area contributed by atoms with Crippen LogP contribution in [0.3, 0.4) is 0 Å². The van der Waals surface area contributed by atoms with E-state index in [0.717, 1.165) is 5.70 Å². The summed E-state index contributed by atoms with van der Waals surface area (Å²) in [4.78, 5) is 0. The molecule has 0 amide bonds. The van der Waals surface area contributed by atoms with E-state index in [-0.39, 0.29) is 0 Å². The molecule has 0 spiro atoms. The molecule has 0 bridgehead atoms. The Balaban J connectivity index is 2.68. The summed E-state index contributed by atoms with van der Waals surface area (Å²) in [6.07, 6.45) is 10.7. The fraction of sp³-hybridized carbons (Fsp3) is 0.143. The molecule has 0 radical (unpaired) electrons. The van der Waals surface area contributed by atoms with Gasteiger partial charge in [-0.2, -0.15) is 0 Å². The summed E-state index contributed by atoms with van der Waals surface area (Å²) >= 11 is 0. The summed E-state index contributed by atoms with van der Waals surface area (Å²) in [5.74, 6) is 0. The summed E-state index contributed by atoms with van der Waals surface area (Å²) < 4.78 is 0. The molecule has 0 fully saturated rings. The molecule has 0 aromatic heterocycles. The maximum absolute atomic E-state index is 3.00. The minimum atomic E-state index is 1.10. The Hall–Kier alpha value is -1.07. The maximum Gasteiger partial charge on any atom is 0.146 e. The minimum Gasteiger partial charge on any atom is -0.336 e. The first-order valence-corrected chi connectivity index (χ1v) is 2.57. The number of hydrogen-bond acceptors (Lipinski definition) is 1. The smallest absolute Gasteiger partial charge is 0.146 e. The van der Waals surface area contributed by atoms with Crippen LogP contribution in [-0.2, 0) is 0 Å². The van der Waals surface area contributed by atoms with E-state index in [2.05, 4.69) is 11.4 Å². The van der Waals surface area contributed by atoms with Crippen molar-refractivity contribution in [3.8, 4) is 0 Å². The number of nitrogens with one attached hydrogen (secondary N) is 1. The van der Waals surface area contributed by atoms with Crippen LogP contribution in [0.15, 0.2) is 30.0 Å². The van der Waals surface area contributed by atoms with Crippen LogP contribution in [0.2, 0.25) is 0 Å². The van der Waals surface area contributed by atoms with E-state index in [1.165, 1.54) is 0 Å². The molecule has 1 aliphatic carbocycles. The molecule has 0 atom stereocenters. The van der Waals surface area contributed by atoms with Crippen molar-refractivity contribution in [1.82, 2.24) is 5.32 Å². The van der Waals surface area contributed by atoms with Gasteiger partial charge in [0, 0.05) is 19.2 Å². The van der Waals surface area contributed by atoms with Crippen LogP contribution in [0.25, 0.3) is 0 Å². The lowest BCUT2D eigenvalue weighted by atomic mass is 10.2. The molecule has 1 nitrogen and oxygen atoms in total. The predicted molar refractivity (Wildman–Crippen MR) is 34.1 cm³/mol. The summed E-state index contributed by atoms with van der Waals surface area (Å²) in [5, 5.41) is 3.00. The van der Waals surface area contributed by atoms with Gasteiger partial charge >= 0.3 is 0 Å². The van der Waals surface area contributed by atoms with E-state index in [0.29, 0.717) is 0 Å². The van der Waals surface area contributed by atoms with Crippen molar-refractivity contribution in [1.29, 1.82) is 0 Å². The molecular formula is C7H8N+. The van der Waals surface area contributed by atoms with E-state index in [1.54, 1.807) is 0 Å². The average molecular weight is 106 g/mol. The first-order chi connectivity index (χ1) is 3.93. The van der Waals surface area contributed by atoms with Gasteiger partial charge in [-0.1, -0.05) is 0 Å². The van der Waals surface area contributed by atoms with Gasteiger partial charge in [0.25, 0.3) is 0 Å². The normalized spacial score (nSPS) is 14.9. The molecule has 1 aliphatic rings. The quantitative estimate of drug-likeness (QED) is 0.492. The molecule has 40 valence electrons. The highest BCUT2D eigenvalue weighted by molar-refractivity contribution is 5.27. The largest absolute Gasteiger partial charge is 0.336 e. The van der Waals surface area contributed by atoms with Gasteiger partial charge in [-0.05, 0) is 0 Å². The zero-order valence-electron chi connectivity index (χ0n) is 4.81. The molecule has 1 N–H and O–H groups in total. The highest BCUT2D eigenvalue weighted by Crippen LogP contribution is 1.96. The monoisotopic (exact) mass is 106 g/mol. The number of allylic oxidation sites excluding steroid dienone is 5. The van der Waals surface area contributed by atoms with Gasteiger partial charge in [-0.15, -0.1) is 0 Å². The third-order valence-corrected chi connectivity index (χ3v) is 0.996. The zero-order valence-corrected chi connectivity index (χ0v) is 4.81. The Morgan fingerprint density at radius 3 is 2.88 bits per heavy atom. The van der Waals surface area contributed by atoms with Gasteiger partial charge < -0.3 is 5.32 Å². The average Bonchev–Trinajstić information content (AvgIpc) is 1.90. The van der Waals surface area contributed by atoms with Gasteiger partial charge in [0.1, 0.15) is 17.8 Å². The third-order valence-electron chi connectivity index (χ3n) is 0.996. The fourth-order valence-electron chi connectivity index (χ4n) is 0.549. The van der Waals surface area contributed by atoms with Crippen molar-refractivity contribution < 1.29 is 0 Å². The summed E-state index contributed by atoms with van der Waals surface area (Å²) in [5.41, 5.74) is 1.10. The first-order valence-electron chi connectivity index (χ1n) is 2.57. The van der Waals surface area contributed by atoms with Gasteiger partial charge in [0.15, 0.2) is 0 Å². The molecule has 0 aliphatic heterocycles. The number of hydrogen-bond donors (Lipinski definition) is 1. The molecule has 0 aromatic rings. The summed E-state index contributed by atoms with van der Waals surface area (Å²) in [7, 11) is 1.89. The second-order valence-electron chi connectivity index (χ2n) is 1.54. The third kappa shape index (κ3) is 0.955. The van der Waals surface area contributed by atoms with Crippen LogP contribution in [0, 0.1) is 6.08 Å². The van der Waals surface area contributed by atoms with Crippen LogP contribution in [0.4, 0.5) is 0 Å². The van der Waals surface area contributed by atoms with Crippen molar-refractivity contribution in [2.75, 3.05) is 7.05 Å². The Kier molecular flexibility index (Phi) is 1.45. The Bertz CT molecular complexity index is 152. The maximum atomic E-state index is 3.00. The van der Waals surface area contributed by atoms with Crippen LogP contribution < -0.4 is 5.32 Å². The molecule has 0 saturated carbocycles. The lowest BCUT2D eigenvalue weighted by Gasteiger charge is -1.89. The highest BCUT2D eigenvalue weighted by atomic mass is 14.8. The lowest BCUT2D eigenvalue weighted by molar-refractivity contribution is 1.03. The Morgan fingerprint density at radius 1 is 1.62 bits per heavy atom. The van der Waals surface area contributed by atoms with Gasteiger partial charge in [0.2, 0.25) is 0 Å². The van der Waals surface area contributed by atoms with Crippen molar-refractivity contribution >= 4 is 0 Å². The lowest BCUT2D eigenvalue weighted by Crippen LogP contribution is -2.02. The molecule has 0 unspecified atom stereocenters. The summed E-state index contributed by atoms with van der Waals surface area (Å²) in [6, 6.07) is 0. The number of rotatable bonds is 1. The SMILES string of the molecule is CNC1=CC=C[C+]=C1. The van der Waals surface area contributed by atoms with Gasteiger partial charge in [0.05, 0.1) is 6.08 Å². The molecule has 0 heterocycles. The van der Waals surface area contributed by atoms with Crippen molar-refractivity contribution in [2.24, 2.45) is 0 Å². The van der Waals surface area contributed by atoms with Crippen LogP contribution in [0.1, 0.15) is 0 Å². The highest BCUT2D eigenvalue weighted by Gasteiger charge is 1.95. The van der Waals surface area contributed by atoms with Crippen molar-refractivity contribution in [3.63, 3.8) is 0 Å². The second kappa shape index (κ2) is 2.29. The van der Waals surface area contributed by atoms with E-state index in [1.807, 2.05) is 31.4 Å².